The third-order valence-electron chi connectivity index (χ3n) is 2.93. The van der Waals surface area contributed by atoms with Crippen LogP contribution in [0.4, 0.5) is 4.79 Å². The molecule has 0 heterocycles. The van der Waals surface area contributed by atoms with Gasteiger partial charge in [-0.2, -0.15) is 0 Å². The molecule has 0 aliphatic heterocycles. The molecule has 5 nitrogen and oxygen atoms in total. The van der Waals surface area contributed by atoms with Gasteiger partial charge in [-0.05, 0) is 23.6 Å². The Labute approximate surface area is 126 Å². The van der Waals surface area contributed by atoms with Crippen LogP contribution in [0.5, 0.6) is 0 Å². The Balaban J connectivity index is 2.31. The topological polar surface area (TPSA) is 78.4 Å². The SMILES string of the molecule is CCC(CNC(=O)NCc1cccc(Br)c1)CC(=O)O. The molecule has 0 bridgehead atoms. The number of carbonyl (C=O) groups is 2. The van der Waals surface area contributed by atoms with E-state index in [-0.39, 0.29) is 18.4 Å². The standard InChI is InChI=1S/C14H19BrN2O3/c1-2-10(7-13(18)19)8-16-14(20)17-9-11-4-3-5-12(15)6-11/h3-6,10H,2,7-9H2,1H3,(H,18,19)(H2,16,17,20). The lowest BCUT2D eigenvalue weighted by atomic mass is 10.0. The molecule has 1 rings (SSSR count). The second-order valence-corrected chi connectivity index (χ2v) is 5.48. The molecule has 0 saturated heterocycles. The van der Waals surface area contributed by atoms with Crippen molar-refractivity contribution in [1.29, 1.82) is 0 Å². The van der Waals surface area contributed by atoms with Crippen LogP contribution in [0, 0.1) is 5.92 Å². The van der Waals surface area contributed by atoms with E-state index in [4.69, 9.17) is 5.11 Å². The van der Waals surface area contributed by atoms with Crippen LogP contribution in [0.15, 0.2) is 28.7 Å². The number of carbonyl (C=O) groups excluding carboxylic acids is 1. The maximum Gasteiger partial charge on any atom is 0.315 e. The number of carboxylic acid groups (broad SMARTS) is 1. The summed E-state index contributed by atoms with van der Waals surface area (Å²) < 4.78 is 0.963. The zero-order valence-corrected chi connectivity index (χ0v) is 12.9. The molecule has 0 aromatic heterocycles. The average molecular weight is 343 g/mol. The third-order valence-corrected chi connectivity index (χ3v) is 3.43. The van der Waals surface area contributed by atoms with Crippen LogP contribution in [0.2, 0.25) is 0 Å². The number of hydrogen-bond acceptors (Lipinski definition) is 2. The normalized spacial score (nSPS) is 11.7. The number of hydrogen-bond donors (Lipinski definition) is 3. The molecular formula is C14H19BrN2O3. The summed E-state index contributed by atoms with van der Waals surface area (Å²) in [5.41, 5.74) is 0.993. The molecule has 0 aliphatic rings. The van der Waals surface area contributed by atoms with Crippen molar-refractivity contribution in [2.24, 2.45) is 5.92 Å². The lowest BCUT2D eigenvalue weighted by Gasteiger charge is -2.14. The number of halogens is 1. The molecule has 1 aromatic carbocycles. The molecule has 1 atom stereocenters. The minimum Gasteiger partial charge on any atom is -0.481 e. The van der Waals surface area contributed by atoms with Gasteiger partial charge in [0.15, 0.2) is 0 Å². The van der Waals surface area contributed by atoms with Crippen molar-refractivity contribution in [3.05, 3.63) is 34.3 Å². The quantitative estimate of drug-likeness (QED) is 0.712. The fourth-order valence-corrected chi connectivity index (χ4v) is 2.18. The highest BCUT2D eigenvalue weighted by molar-refractivity contribution is 9.10. The Hall–Kier alpha value is -1.56. The van der Waals surface area contributed by atoms with Crippen LogP contribution < -0.4 is 10.6 Å². The predicted molar refractivity (Wildman–Crippen MR) is 80.4 cm³/mol. The van der Waals surface area contributed by atoms with E-state index in [1.807, 2.05) is 31.2 Å². The van der Waals surface area contributed by atoms with Gasteiger partial charge in [-0.15, -0.1) is 0 Å². The molecular weight excluding hydrogens is 324 g/mol. The van der Waals surface area contributed by atoms with E-state index in [1.165, 1.54) is 0 Å². The molecule has 1 unspecified atom stereocenters. The van der Waals surface area contributed by atoms with Crippen molar-refractivity contribution in [1.82, 2.24) is 10.6 Å². The van der Waals surface area contributed by atoms with Gasteiger partial charge in [-0.1, -0.05) is 41.4 Å². The van der Waals surface area contributed by atoms with Crippen molar-refractivity contribution in [3.63, 3.8) is 0 Å². The van der Waals surface area contributed by atoms with Crippen LogP contribution >= 0.6 is 15.9 Å². The molecule has 0 radical (unpaired) electrons. The first-order valence-electron chi connectivity index (χ1n) is 6.49. The Morgan fingerprint density at radius 1 is 1.35 bits per heavy atom. The van der Waals surface area contributed by atoms with Crippen molar-refractivity contribution in [2.75, 3.05) is 6.54 Å². The number of urea groups is 1. The molecule has 110 valence electrons. The number of aliphatic carboxylic acids is 1. The fourth-order valence-electron chi connectivity index (χ4n) is 1.74. The van der Waals surface area contributed by atoms with E-state index in [0.29, 0.717) is 13.1 Å². The molecule has 0 saturated carbocycles. The average Bonchev–Trinajstić information content (AvgIpc) is 2.40. The van der Waals surface area contributed by atoms with Crippen LogP contribution in [0.1, 0.15) is 25.3 Å². The summed E-state index contributed by atoms with van der Waals surface area (Å²) in [6.07, 6.45) is 0.792. The summed E-state index contributed by atoms with van der Waals surface area (Å²) in [4.78, 5) is 22.2. The lowest BCUT2D eigenvalue weighted by Crippen LogP contribution is -2.38. The second-order valence-electron chi connectivity index (χ2n) is 4.57. The highest BCUT2D eigenvalue weighted by atomic mass is 79.9. The molecule has 1 aromatic rings. The van der Waals surface area contributed by atoms with Gasteiger partial charge >= 0.3 is 12.0 Å². The number of amides is 2. The van der Waals surface area contributed by atoms with Crippen molar-refractivity contribution in [2.45, 2.75) is 26.3 Å². The minimum atomic E-state index is -0.840. The number of carboxylic acids is 1. The zero-order chi connectivity index (χ0) is 15.0. The molecule has 2 amide bonds. The Morgan fingerprint density at radius 2 is 2.10 bits per heavy atom. The first-order valence-corrected chi connectivity index (χ1v) is 7.28. The molecule has 0 aliphatic carbocycles. The smallest absolute Gasteiger partial charge is 0.315 e. The van der Waals surface area contributed by atoms with Crippen LogP contribution in [-0.4, -0.2) is 23.7 Å². The van der Waals surface area contributed by atoms with E-state index in [9.17, 15) is 9.59 Å². The van der Waals surface area contributed by atoms with Gasteiger partial charge in [0.05, 0.1) is 0 Å². The van der Waals surface area contributed by atoms with Gasteiger partial charge in [0.1, 0.15) is 0 Å². The van der Waals surface area contributed by atoms with Gasteiger partial charge in [0.25, 0.3) is 0 Å². The summed E-state index contributed by atoms with van der Waals surface area (Å²) in [6, 6.07) is 7.39. The first-order chi connectivity index (χ1) is 9.51. The highest BCUT2D eigenvalue weighted by Gasteiger charge is 2.12. The number of benzene rings is 1. The summed E-state index contributed by atoms with van der Waals surface area (Å²) in [5.74, 6) is -0.877. The van der Waals surface area contributed by atoms with E-state index in [2.05, 4.69) is 26.6 Å². The Morgan fingerprint density at radius 3 is 2.70 bits per heavy atom. The number of nitrogens with one attached hydrogen (secondary N) is 2. The van der Waals surface area contributed by atoms with Crippen molar-refractivity contribution < 1.29 is 14.7 Å². The second kappa shape index (κ2) is 8.58. The van der Waals surface area contributed by atoms with Crippen LogP contribution in [-0.2, 0) is 11.3 Å². The molecule has 3 N–H and O–H groups in total. The first kappa shape index (κ1) is 16.5. The van der Waals surface area contributed by atoms with E-state index in [0.717, 1.165) is 16.5 Å². The van der Waals surface area contributed by atoms with Gasteiger partial charge in [-0.3, -0.25) is 4.79 Å². The van der Waals surface area contributed by atoms with Gasteiger partial charge in [0, 0.05) is 24.0 Å². The van der Waals surface area contributed by atoms with Gasteiger partial charge in [0.2, 0.25) is 0 Å². The summed E-state index contributed by atoms with van der Waals surface area (Å²) in [6.45, 7) is 2.71. The summed E-state index contributed by atoms with van der Waals surface area (Å²) >= 11 is 3.37. The van der Waals surface area contributed by atoms with Crippen molar-refractivity contribution in [3.8, 4) is 0 Å². The molecule has 6 heteroatoms. The summed E-state index contributed by atoms with van der Waals surface area (Å²) in [7, 11) is 0. The zero-order valence-electron chi connectivity index (χ0n) is 11.4. The molecule has 0 fully saturated rings. The number of rotatable bonds is 7. The Bertz CT molecular complexity index is 465. The van der Waals surface area contributed by atoms with E-state index >= 15 is 0 Å². The lowest BCUT2D eigenvalue weighted by molar-refractivity contribution is -0.138. The van der Waals surface area contributed by atoms with E-state index < -0.39 is 5.97 Å². The molecule has 20 heavy (non-hydrogen) atoms. The summed E-state index contributed by atoms with van der Waals surface area (Å²) in [5, 5.41) is 14.2. The van der Waals surface area contributed by atoms with Gasteiger partial charge in [-0.25, -0.2) is 4.79 Å². The fraction of sp³-hybridized carbons (Fsp3) is 0.429. The van der Waals surface area contributed by atoms with Crippen molar-refractivity contribution >= 4 is 27.9 Å². The monoisotopic (exact) mass is 342 g/mol. The highest BCUT2D eigenvalue weighted by Crippen LogP contribution is 2.11. The largest absolute Gasteiger partial charge is 0.481 e. The van der Waals surface area contributed by atoms with Gasteiger partial charge < -0.3 is 15.7 Å². The van der Waals surface area contributed by atoms with Crippen LogP contribution in [0.3, 0.4) is 0 Å². The minimum absolute atomic E-state index is 0.0379. The maximum atomic E-state index is 11.6. The predicted octanol–water partition coefficient (Wildman–Crippen LogP) is 2.75. The Kier molecular flexibility index (Phi) is 7.08. The van der Waals surface area contributed by atoms with Crippen LogP contribution in [0.25, 0.3) is 0 Å². The van der Waals surface area contributed by atoms with E-state index in [1.54, 1.807) is 0 Å². The molecule has 0 spiro atoms. The maximum absolute atomic E-state index is 11.6. The third kappa shape index (κ3) is 6.56.